The molecule has 0 amide bonds. The van der Waals surface area contributed by atoms with Gasteiger partial charge in [0, 0.05) is 36.9 Å². The summed E-state index contributed by atoms with van der Waals surface area (Å²) in [6.07, 6.45) is 2.21. The monoisotopic (exact) mass is 344 g/mol. The molecule has 1 aliphatic heterocycles. The summed E-state index contributed by atoms with van der Waals surface area (Å²) in [4.78, 5) is 5.00. The van der Waals surface area contributed by atoms with Gasteiger partial charge < -0.3 is 9.64 Å². The van der Waals surface area contributed by atoms with E-state index in [-0.39, 0.29) is 0 Å². The van der Waals surface area contributed by atoms with Crippen molar-refractivity contribution < 1.29 is 4.74 Å². The summed E-state index contributed by atoms with van der Waals surface area (Å²) >= 11 is 6.23. The minimum atomic E-state index is 0.891. The Bertz CT molecular complexity index is 636. The third-order valence-corrected chi connectivity index (χ3v) is 5.06. The van der Waals surface area contributed by atoms with Crippen LogP contribution in [0.4, 0.5) is 5.69 Å². The van der Waals surface area contributed by atoms with Crippen molar-refractivity contribution in [1.82, 2.24) is 4.90 Å². The number of hydrogen-bond donors (Lipinski definition) is 0. The normalized spacial score (nSPS) is 15.5. The van der Waals surface area contributed by atoms with Gasteiger partial charge in [-0.2, -0.15) is 0 Å². The van der Waals surface area contributed by atoms with Crippen LogP contribution in [0.3, 0.4) is 0 Å². The molecule has 0 atom stereocenters. The van der Waals surface area contributed by atoms with Gasteiger partial charge in [-0.1, -0.05) is 29.8 Å². The number of piperazine rings is 1. The first kappa shape index (κ1) is 17.1. The Balaban J connectivity index is 1.42. The molecule has 0 unspecified atom stereocenters. The highest BCUT2D eigenvalue weighted by Gasteiger charge is 2.16. The summed E-state index contributed by atoms with van der Waals surface area (Å²) in [6, 6.07) is 16.5. The minimum Gasteiger partial charge on any atom is -0.497 e. The van der Waals surface area contributed by atoms with Crippen LogP contribution in [0.2, 0.25) is 5.02 Å². The molecule has 0 spiro atoms. The lowest BCUT2D eigenvalue weighted by Crippen LogP contribution is -2.46. The Hall–Kier alpha value is -1.71. The number of benzene rings is 2. The molecule has 3 rings (SSSR count). The van der Waals surface area contributed by atoms with Gasteiger partial charge in [-0.15, -0.1) is 0 Å². The van der Waals surface area contributed by atoms with Gasteiger partial charge in [0.25, 0.3) is 0 Å². The van der Waals surface area contributed by atoms with Gasteiger partial charge in [0.15, 0.2) is 0 Å². The van der Waals surface area contributed by atoms with Gasteiger partial charge in [0.1, 0.15) is 5.75 Å². The van der Waals surface area contributed by atoms with Crippen LogP contribution < -0.4 is 9.64 Å². The number of rotatable bonds is 6. The lowest BCUT2D eigenvalue weighted by molar-refractivity contribution is 0.255. The van der Waals surface area contributed by atoms with E-state index in [1.54, 1.807) is 7.11 Å². The molecule has 0 aromatic heterocycles. The van der Waals surface area contributed by atoms with E-state index >= 15 is 0 Å². The van der Waals surface area contributed by atoms with Gasteiger partial charge in [0.05, 0.1) is 7.11 Å². The second-order valence-corrected chi connectivity index (χ2v) is 6.63. The van der Waals surface area contributed by atoms with E-state index in [2.05, 4.69) is 34.1 Å². The first-order valence-electron chi connectivity index (χ1n) is 8.61. The van der Waals surface area contributed by atoms with Crippen LogP contribution in [-0.2, 0) is 6.42 Å². The van der Waals surface area contributed by atoms with Crippen molar-refractivity contribution in [3.63, 3.8) is 0 Å². The van der Waals surface area contributed by atoms with E-state index in [1.165, 1.54) is 11.3 Å². The fourth-order valence-corrected chi connectivity index (χ4v) is 3.45. The molecule has 2 aromatic rings. The van der Waals surface area contributed by atoms with E-state index in [9.17, 15) is 0 Å². The largest absolute Gasteiger partial charge is 0.497 e. The van der Waals surface area contributed by atoms with E-state index < -0.39 is 0 Å². The van der Waals surface area contributed by atoms with Crippen LogP contribution in [0.1, 0.15) is 12.0 Å². The maximum absolute atomic E-state index is 6.23. The van der Waals surface area contributed by atoms with Crippen LogP contribution in [-0.4, -0.2) is 44.7 Å². The molecule has 0 N–H and O–H groups in total. The number of halogens is 1. The summed E-state index contributed by atoms with van der Waals surface area (Å²) < 4.78 is 5.23. The zero-order valence-electron chi connectivity index (χ0n) is 14.2. The third-order valence-electron chi connectivity index (χ3n) is 4.69. The standard InChI is InChI=1S/C20H25ClN2O/c1-24-19-10-8-18(9-11-19)23-15-13-22(14-16-23)12-4-6-17-5-2-3-7-20(17)21/h2-3,5,7-11H,4,6,12-16H2,1H3. The van der Waals surface area contributed by atoms with Crippen molar-refractivity contribution in [3.8, 4) is 5.75 Å². The quantitative estimate of drug-likeness (QED) is 0.784. The van der Waals surface area contributed by atoms with Gasteiger partial charge >= 0.3 is 0 Å². The van der Waals surface area contributed by atoms with Crippen molar-refractivity contribution in [2.45, 2.75) is 12.8 Å². The predicted octanol–water partition coefficient (Wildman–Crippen LogP) is 4.10. The van der Waals surface area contributed by atoms with Crippen LogP contribution >= 0.6 is 11.6 Å². The van der Waals surface area contributed by atoms with Gasteiger partial charge in [-0.05, 0) is 55.3 Å². The predicted molar refractivity (Wildman–Crippen MR) is 101 cm³/mol. The molecule has 1 fully saturated rings. The van der Waals surface area contributed by atoms with Crippen molar-refractivity contribution in [2.75, 3.05) is 44.7 Å². The highest BCUT2D eigenvalue weighted by atomic mass is 35.5. The lowest BCUT2D eigenvalue weighted by atomic mass is 10.1. The van der Waals surface area contributed by atoms with Crippen molar-refractivity contribution in [3.05, 3.63) is 59.1 Å². The number of nitrogens with zero attached hydrogens (tertiary/aromatic N) is 2. The van der Waals surface area contributed by atoms with Gasteiger partial charge in [0.2, 0.25) is 0 Å². The molecule has 0 radical (unpaired) electrons. The fraction of sp³-hybridized carbons (Fsp3) is 0.400. The maximum Gasteiger partial charge on any atom is 0.119 e. The number of hydrogen-bond acceptors (Lipinski definition) is 3. The number of ether oxygens (including phenoxy) is 1. The summed E-state index contributed by atoms with van der Waals surface area (Å²) in [5.74, 6) is 0.914. The van der Waals surface area contributed by atoms with Crippen molar-refractivity contribution in [1.29, 1.82) is 0 Å². The molecule has 3 nitrogen and oxygen atoms in total. The molecular weight excluding hydrogens is 320 g/mol. The summed E-state index contributed by atoms with van der Waals surface area (Å²) in [5, 5.41) is 0.891. The molecule has 24 heavy (non-hydrogen) atoms. The van der Waals surface area contributed by atoms with Crippen LogP contribution in [0, 0.1) is 0 Å². The van der Waals surface area contributed by atoms with Gasteiger partial charge in [-0.3, -0.25) is 4.90 Å². The summed E-state index contributed by atoms with van der Waals surface area (Å²) in [5.41, 5.74) is 2.54. The number of methoxy groups -OCH3 is 1. The molecule has 1 aliphatic rings. The smallest absolute Gasteiger partial charge is 0.119 e. The summed E-state index contributed by atoms with van der Waals surface area (Å²) in [6.45, 7) is 5.54. The Morgan fingerprint density at radius 2 is 1.67 bits per heavy atom. The Labute approximate surface area is 149 Å². The average Bonchev–Trinajstić information content (AvgIpc) is 2.64. The fourth-order valence-electron chi connectivity index (χ4n) is 3.22. The second-order valence-electron chi connectivity index (χ2n) is 6.22. The lowest BCUT2D eigenvalue weighted by Gasteiger charge is -2.36. The molecule has 0 aliphatic carbocycles. The Morgan fingerprint density at radius 1 is 0.958 bits per heavy atom. The first-order valence-corrected chi connectivity index (χ1v) is 8.99. The van der Waals surface area contributed by atoms with E-state index in [0.29, 0.717) is 0 Å². The molecule has 4 heteroatoms. The number of anilines is 1. The number of aryl methyl sites for hydroxylation is 1. The van der Waals surface area contributed by atoms with Crippen LogP contribution in [0.25, 0.3) is 0 Å². The van der Waals surface area contributed by atoms with E-state index in [4.69, 9.17) is 16.3 Å². The molecule has 0 bridgehead atoms. The molecule has 1 saturated heterocycles. The highest BCUT2D eigenvalue weighted by molar-refractivity contribution is 6.31. The molecule has 2 aromatic carbocycles. The van der Waals surface area contributed by atoms with E-state index in [0.717, 1.165) is 56.3 Å². The molecule has 1 heterocycles. The third kappa shape index (κ3) is 4.43. The molecule has 0 saturated carbocycles. The summed E-state index contributed by atoms with van der Waals surface area (Å²) in [7, 11) is 1.70. The Morgan fingerprint density at radius 3 is 2.33 bits per heavy atom. The van der Waals surface area contributed by atoms with E-state index in [1.807, 2.05) is 24.3 Å². The Kier molecular flexibility index (Phi) is 6.00. The average molecular weight is 345 g/mol. The minimum absolute atomic E-state index is 0.891. The highest BCUT2D eigenvalue weighted by Crippen LogP contribution is 2.21. The van der Waals surface area contributed by atoms with Gasteiger partial charge in [-0.25, -0.2) is 0 Å². The van der Waals surface area contributed by atoms with Crippen LogP contribution in [0.15, 0.2) is 48.5 Å². The van der Waals surface area contributed by atoms with Crippen molar-refractivity contribution >= 4 is 17.3 Å². The topological polar surface area (TPSA) is 15.7 Å². The molecular formula is C20H25ClN2O. The second kappa shape index (κ2) is 8.41. The van der Waals surface area contributed by atoms with Crippen LogP contribution in [0.5, 0.6) is 5.75 Å². The maximum atomic E-state index is 6.23. The SMILES string of the molecule is COc1ccc(N2CCN(CCCc3ccccc3Cl)CC2)cc1. The zero-order valence-corrected chi connectivity index (χ0v) is 15.0. The van der Waals surface area contributed by atoms with Crippen molar-refractivity contribution in [2.24, 2.45) is 0 Å². The zero-order chi connectivity index (χ0) is 16.8. The first-order chi connectivity index (χ1) is 11.8. The molecule has 128 valence electrons.